The summed E-state index contributed by atoms with van der Waals surface area (Å²) in [5.74, 6) is 0. The Kier molecular flexibility index (Phi) is 7.14. The van der Waals surface area contributed by atoms with Crippen LogP contribution in [0.3, 0.4) is 0 Å². The first-order valence-corrected chi connectivity index (χ1v) is 8.14. The maximum atomic E-state index is 5.39. The van der Waals surface area contributed by atoms with Crippen molar-refractivity contribution in [3.63, 3.8) is 0 Å². The van der Waals surface area contributed by atoms with E-state index in [2.05, 4.69) is 22.0 Å². The van der Waals surface area contributed by atoms with E-state index >= 15 is 0 Å². The molecule has 0 aromatic heterocycles. The van der Waals surface area contributed by atoms with E-state index in [1.165, 1.54) is 58.4 Å². The minimum Gasteiger partial charge on any atom is -0.379 e. The molecule has 2 aliphatic rings. The van der Waals surface area contributed by atoms with Crippen LogP contribution in [0.15, 0.2) is 0 Å². The topological polar surface area (TPSA) is 27.7 Å². The van der Waals surface area contributed by atoms with Crippen LogP contribution in [-0.2, 0) is 4.74 Å². The zero-order valence-electron chi connectivity index (χ0n) is 12.6. The molecular weight excluding hydrogens is 238 g/mol. The first-order valence-electron chi connectivity index (χ1n) is 8.14. The second kappa shape index (κ2) is 8.90. The van der Waals surface area contributed by atoms with E-state index in [-0.39, 0.29) is 0 Å². The molecule has 0 bridgehead atoms. The van der Waals surface area contributed by atoms with Crippen LogP contribution in [0.25, 0.3) is 0 Å². The molecular formula is C15H31N3O. The Labute approximate surface area is 118 Å². The fourth-order valence-corrected chi connectivity index (χ4v) is 3.12. The first kappa shape index (κ1) is 15.2. The third kappa shape index (κ3) is 5.78. The summed E-state index contributed by atoms with van der Waals surface area (Å²) < 4.78 is 5.39. The summed E-state index contributed by atoms with van der Waals surface area (Å²) in [5.41, 5.74) is 0. The summed E-state index contributed by atoms with van der Waals surface area (Å²) in [7, 11) is 0. The fraction of sp³-hybridized carbons (Fsp3) is 1.00. The maximum Gasteiger partial charge on any atom is 0.0594 e. The molecule has 112 valence electrons. The van der Waals surface area contributed by atoms with Crippen LogP contribution in [0.5, 0.6) is 0 Å². The highest BCUT2D eigenvalue weighted by Crippen LogP contribution is 2.10. The Balaban J connectivity index is 1.56. The average Bonchev–Trinajstić information content (AvgIpc) is 2.47. The predicted octanol–water partition coefficient (Wildman–Crippen LogP) is 1.17. The van der Waals surface area contributed by atoms with E-state index in [1.54, 1.807) is 0 Å². The molecule has 0 aromatic carbocycles. The number of rotatable bonds is 7. The molecule has 2 rings (SSSR count). The van der Waals surface area contributed by atoms with Gasteiger partial charge in [-0.2, -0.15) is 0 Å². The molecule has 2 heterocycles. The standard InChI is InChI=1S/C15H31N3O/c1-2-6-16-15-5-3-7-18(14-15)9-4-8-17-10-12-19-13-11-17/h15-16H,2-14H2,1H3. The van der Waals surface area contributed by atoms with Gasteiger partial charge in [-0.25, -0.2) is 0 Å². The Hall–Kier alpha value is -0.160. The normalized spacial score (nSPS) is 26.7. The van der Waals surface area contributed by atoms with Crippen LogP contribution in [0.2, 0.25) is 0 Å². The van der Waals surface area contributed by atoms with E-state index in [9.17, 15) is 0 Å². The van der Waals surface area contributed by atoms with Gasteiger partial charge in [-0.15, -0.1) is 0 Å². The minimum atomic E-state index is 0.733. The van der Waals surface area contributed by atoms with Crippen molar-refractivity contribution in [3.8, 4) is 0 Å². The van der Waals surface area contributed by atoms with Crippen molar-refractivity contribution >= 4 is 0 Å². The molecule has 2 saturated heterocycles. The quantitative estimate of drug-likeness (QED) is 0.751. The van der Waals surface area contributed by atoms with Gasteiger partial charge in [-0.05, 0) is 51.9 Å². The molecule has 2 aliphatic heterocycles. The van der Waals surface area contributed by atoms with Gasteiger partial charge in [0.05, 0.1) is 13.2 Å². The van der Waals surface area contributed by atoms with Crippen LogP contribution in [0.4, 0.5) is 0 Å². The SMILES string of the molecule is CCCNC1CCCN(CCCN2CCOCC2)C1. The molecule has 4 nitrogen and oxygen atoms in total. The number of piperidine rings is 1. The molecule has 4 heteroatoms. The Bertz CT molecular complexity index is 231. The molecule has 19 heavy (non-hydrogen) atoms. The van der Waals surface area contributed by atoms with Crippen molar-refractivity contribution in [2.24, 2.45) is 0 Å². The molecule has 1 N–H and O–H groups in total. The lowest BCUT2D eigenvalue weighted by Gasteiger charge is -2.34. The van der Waals surface area contributed by atoms with E-state index in [0.29, 0.717) is 0 Å². The van der Waals surface area contributed by atoms with Gasteiger partial charge < -0.3 is 15.0 Å². The van der Waals surface area contributed by atoms with Gasteiger partial charge in [-0.3, -0.25) is 4.90 Å². The lowest BCUT2D eigenvalue weighted by Crippen LogP contribution is -2.46. The van der Waals surface area contributed by atoms with Crippen molar-refractivity contribution in [1.82, 2.24) is 15.1 Å². The van der Waals surface area contributed by atoms with Crippen LogP contribution in [0, 0.1) is 0 Å². The third-order valence-electron chi connectivity index (χ3n) is 4.24. The number of hydrogen-bond acceptors (Lipinski definition) is 4. The fourth-order valence-electron chi connectivity index (χ4n) is 3.12. The predicted molar refractivity (Wildman–Crippen MR) is 79.6 cm³/mol. The van der Waals surface area contributed by atoms with Gasteiger partial charge in [0.25, 0.3) is 0 Å². The summed E-state index contributed by atoms with van der Waals surface area (Å²) >= 11 is 0. The van der Waals surface area contributed by atoms with Crippen LogP contribution < -0.4 is 5.32 Å². The molecule has 0 saturated carbocycles. The molecule has 1 atom stereocenters. The number of ether oxygens (including phenoxy) is 1. The van der Waals surface area contributed by atoms with Crippen molar-refractivity contribution in [2.45, 2.75) is 38.6 Å². The highest BCUT2D eigenvalue weighted by Gasteiger charge is 2.19. The Morgan fingerprint density at radius 1 is 1.11 bits per heavy atom. The second-order valence-electron chi connectivity index (χ2n) is 5.90. The molecule has 0 aliphatic carbocycles. The second-order valence-corrected chi connectivity index (χ2v) is 5.90. The van der Waals surface area contributed by atoms with Crippen molar-refractivity contribution in [1.29, 1.82) is 0 Å². The first-order chi connectivity index (χ1) is 9.38. The summed E-state index contributed by atoms with van der Waals surface area (Å²) in [5, 5.41) is 3.67. The highest BCUT2D eigenvalue weighted by molar-refractivity contribution is 4.78. The zero-order valence-corrected chi connectivity index (χ0v) is 12.6. The zero-order chi connectivity index (χ0) is 13.3. The van der Waals surface area contributed by atoms with E-state index in [1.807, 2.05) is 0 Å². The Morgan fingerprint density at radius 3 is 2.68 bits per heavy atom. The molecule has 1 unspecified atom stereocenters. The van der Waals surface area contributed by atoms with Gasteiger partial charge in [0.1, 0.15) is 0 Å². The number of hydrogen-bond donors (Lipinski definition) is 1. The monoisotopic (exact) mass is 269 g/mol. The largest absolute Gasteiger partial charge is 0.379 e. The summed E-state index contributed by atoms with van der Waals surface area (Å²) in [6, 6.07) is 0.733. The molecule has 0 spiro atoms. The van der Waals surface area contributed by atoms with Crippen molar-refractivity contribution in [2.75, 3.05) is 59.0 Å². The minimum absolute atomic E-state index is 0.733. The number of morpholine rings is 1. The van der Waals surface area contributed by atoms with Crippen molar-refractivity contribution in [3.05, 3.63) is 0 Å². The van der Waals surface area contributed by atoms with Gasteiger partial charge in [-0.1, -0.05) is 6.92 Å². The summed E-state index contributed by atoms with van der Waals surface area (Å²) in [6.45, 7) is 12.6. The van der Waals surface area contributed by atoms with E-state index in [4.69, 9.17) is 4.74 Å². The third-order valence-corrected chi connectivity index (χ3v) is 4.24. The molecule has 2 fully saturated rings. The van der Waals surface area contributed by atoms with Gasteiger partial charge in [0.2, 0.25) is 0 Å². The van der Waals surface area contributed by atoms with E-state index < -0.39 is 0 Å². The average molecular weight is 269 g/mol. The smallest absolute Gasteiger partial charge is 0.0594 e. The highest BCUT2D eigenvalue weighted by atomic mass is 16.5. The number of likely N-dealkylation sites (tertiary alicyclic amines) is 1. The van der Waals surface area contributed by atoms with E-state index in [0.717, 1.165) is 32.3 Å². The van der Waals surface area contributed by atoms with Crippen LogP contribution in [-0.4, -0.2) is 74.9 Å². The number of nitrogens with one attached hydrogen (secondary N) is 1. The molecule has 0 amide bonds. The molecule has 0 radical (unpaired) electrons. The number of nitrogens with zero attached hydrogens (tertiary/aromatic N) is 2. The van der Waals surface area contributed by atoms with Gasteiger partial charge in [0.15, 0.2) is 0 Å². The lowest BCUT2D eigenvalue weighted by atomic mass is 10.1. The van der Waals surface area contributed by atoms with Crippen LogP contribution >= 0.6 is 0 Å². The van der Waals surface area contributed by atoms with Crippen LogP contribution in [0.1, 0.15) is 32.6 Å². The van der Waals surface area contributed by atoms with Crippen molar-refractivity contribution < 1.29 is 4.74 Å². The maximum absolute atomic E-state index is 5.39. The van der Waals surface area contributed by atoms with Gasteiger partial charge in [0, 0.05) is 25.7 Å². The summed E-state index contributed by atoms with van der Waals surface area (Å²) in [6.07, 6.45) is 5.27. The summed E-state index contributed by atoms with van der Waals surface area (Å²) in [4.78, 5) is 5.19. The Morgan fingerprint density at radius 2 is 1.89 bits per heavy atom. The van der Waals surface area contributed by atoms with Gasteiger partial charge >= 0.3 is 0 Å². The lowest BCUT2D eigenvalue weighted by molar-refractivity contribution is 0.0356. The molecule has 0 aromatic rings.